The Hall–Kier alpha value is -4.87. The van der Waals surface area contributed by atoms with Gasteiger partial charge in [-0.05, 0) is 63.2 Å². The maximum absolute atomic E-state index is 15.4. The van der Waals surface area contributed by atoms with Crippen LogP contribution in [-0.2, 0) is 26.7 Å². The highest BCUT2D eigenvalue weighted by atomic mass is 19.3. The highest BCUT2D eigenvalue weighted by Gasteiger charge is 2.45. The number of phenolic OH excluding ortho intramolecular Hbond substituents is 1. The van der Waals surface area contributed by atoms with Crippen molar-refractivity contribution in [2.75, 3.05) is 38.0 Å². The summed E-state index contributed by atoms with van der Waals surface area (Å²) in [4.78, 5) is 36.4. The Morgan fingerprint density at radius 2 is 1.73 bits per heavy atom. The van der Waals surface area contributed by atoms with Gasteiger partial charge >= 0.3 is 11.9 Å². The number of ether oxygens (including phenoxy) is 1. The molecule has 0 aliphatic carbocycles. The zero-order chi connectivity index (χ0) is 32.3. The van der Waals surface area contributed by atoms with Crippen LogP contribution in [0.4, 0.5) is 30.4 Å². The number of nitrogens with one attached hydrogen (secondary N) is 1. The highest BCUT2D eigenvalue weighted by molar-refractivity contribution is 5.92. The number of benzene rings is 3. The lowest BCUT2D eigenvalue weighted by atomic mass is 10.00. The second-order valence-corrected chi connectivity index (χ2v) is 10.5. The zero-order valence-electron chi connectivity index (χ0n) is 25.3. The predicted molar refractivity (Wildman–Crippen MR) is 162 cm³/mol. The van der Waals surface area contributed by atoms with Gasteiger partial charge in [0.15, 0.2) is 0 Å². The van der Waals surface area contributed by atoms with Crippen LogP contribution in [0.2, 0.25) is 0 Å². The van der Waals surface area contributed by atoms with E-state index < -0.39 is 29.3 Å². The van der Waals surface area contributed by atoms with E-state index in [1.165, 1.54) is 30.0 Å². The fourth-order valence-corrected chi connectivity index (χ4v) is 4.68. The number of phenols is 1. The summed E-state index contributed by atoms with van der Waals surface area (Å²) in [6.45, 7) is 4.41. The molecule has 4 aromatic rings. The Labute approximate surface area is 253 Å². The second kappa shape index (κ2) is 12.8. The number of aromatic hydroxyl groups is 1. The van der Waals surface area contributed by atoms with Gasteiger partial charge in [-0.25, -0.2) is 19.2 Å². The fourth-order valence-electron chi connectivity index (χ4n) is 4.68. The molecule has 3 aromatic carbocycles. The van der Waals surface area contributed by atoms with Crippen molar-refractivity contribution in [2.24, 2.45) is 0 Å². The van der Waals surface area contributed by atoms with Crippen molar-refractivity contribution in [1.82, 2.24) is 14.9 Å². The Morgan fingerprint density at radius 3 is 2.41 bits per heavy atom. The molecular weight excluding hydrogens is 575 g/mol. The van der Waals surface area contributed by atoms with E-state index in [0.29, 0.717) is 33.8 Å². The van der Waals surface area contributed by atoms with Gasteiger partial charge in [0, 0.05) is 49.0 Å². The number of halogens is 3. The van der Waals surface area contributed by atoms with Gasteiger partial charge in [0.25, 0.3) is 0 Å². The molecular formula is C32H34F3N5O4. The SMILES string of the molecule is CCOC(=O)C(F)(F)c1cccc(C(C)Nc2nc(C)nc3ccc(N(C)c4ccc(O)c(CC(=O)N(C)C)c4)cc23)c1F. The van der Waals surface area contributed by atoms with Crippen LogP contribution in [0, 0.1) is 12.7 Å². The standard InChI is InChI=1S/C32H34F3N5O4/c1-7-44-31(43)32(34,35)25-10-8-9-23(29(25)33)18(2)36-30-24-17-22(11-13-26(24)37-19(3)38-30)40(6)21-12-14-27(41)20(15-21)16-28(42)39(4)5/h8-15,17-18,41H,7,16H2,1-6H3,(H,36,37,38). The monoisotopic (exact) mass is 609 g/mol. The largest absolute Gasteiger partial charge is 0.508 e. The number of likely N-dealkylation sites (N-methyl/N-ethyl adjacent to an activating group) is 1. The molecule has 9 nitrogen and oxygen atoms in total. The number of alkyl halides is 2. The van der Waals surface area contributed by atoms with Gasteiger partial charge in [-0.15, -0.1) is 0 Å². The first-order chi connectivity index (χ1) is 20.7. The average Bonchev–Trinajstić information content (AvgIpc) is 2.97. The normalized spacial score (nSPS) is 12.1. The van der Waals surface area contributed by atoms with Gasteiger partial charge in [0.2, 0.25) is 5.91 Å². The van der Waals surface area contributed by atoms with Crippen molar-refractivity contribution >= 4 is 40.0 Å². The highest BCUT2D eigenvalue weighted by Crippen LogP contribution is 2.36. The summed E-state index contributed by atoms with van der Waals surface area (Å²) in [6, 6.07) is 13.1. The van der Waals surface area contributed by atoms with E-state index in [1.807, 2.05) is 24.1 Å². The number of hydrogen-bond acceptors (Lipinski definition) is 8. The van der Waals surface area contributed by atoms with Gasteiger partial charge < -0.3 is 25.0 Å². The molecule has 0 saturated heterocycles. The maximum atomic E-state index is 15.4. The lowest BCUT2D eigenvalue weighted by Gasteiger charge is -2.23. The summed E-state index contributed by atoms with van der Waals surface area (Å²) in [5.74, 6) is -6.58. The van der Waals surface area contributed by atoms with Gasteiger partial charge in [0.05, 0.1) is 30.1 Å². The quantitative estimate of drug-likeness (QED) is 0.211. The number of anilines is 3. The Bertz CT molecular complexity index is 1710. The van der Waals surface area contributed by atoms with Crippen molar-refractivity contribution in [1.29, 1.82) is 0 Å². The van der Waals surface area contributed by atoms with Crippen LogP contribution in [-0.4, -0.2) is 59.6 Å². The molecule has 2 N–H and O–H groups in total. The number of aryl methyl sites for hydroxylation is 1. The number of amides is 1. The molecule has 0 bridgehead atoms. The first-order valence-electron chi connectivity index (χ1n) is 13.9. The van der Waals surface area contributed by atoms with Crippen molar-refractivity contribution in [3.63, 3.8) is 0 Å². The van der Waals surface area contributed by atoms with Crippen LogP contribution in [0.3, 0.4) is 0 Å². The summed E-state index contributed by atoms with van der Waals surface area (Å²) < 4.78 is 49.4. The summed E-state index contributed by atoms with van der Waals surface area (Å²) in [5.41, 5.74) is 1.33. The number of hydrogen-bond donors (Lipinski definition) is 2. The maximum Gasteiger partial charge on any atom is 0.382 e. The van der Waals surface area contributed by atoms with E-state index in [0.717, 1.165) is 11.8 Å². The molecule has 1 heterocycles. The molecule has 1 aromatic heterocycles. The number of nitrogens with zero attached hydrogens (tertiary/aromatic N) is 4. The third-order valence-corrected chi connectivity index (χ3v) is 7.19. The molecule has 0 spiro atoms. The molecule has 0 aliphatic heterocycles. The lowest BCUT2D eigenvalue weighted by molar-refractivity contribution is -0.173. The third-order valence-electron chi connectivity index (χ3n) is 7.19. The Morgan fingerprint density at radius 1 is 1.05 bits per heavy atom. The molecule has 0 radical (unpaired) electrons. The van der Waals surface area contributed by atoms with Gasteiger partial charge in [-0.3, -0.25) is 4.79 Å². The van der Waals surface area contributed by atoms with E-state index in [1.54, 1.807) is 46.1 Å². The van der Waals surface area contributed by atoms with Crippen LogP contribution in [0.25, 0.3) is 10.9 Å². The van der Waals surface area contributed by atoms with Crippen molar-refractivity contribution in [3.05, 3.63) is 82.9 Å². The minimum atomic E-state index is -4.17. The van der Waals surface area contributed by atoms with Crippen LogP contribution in [0.5, 0.6) is 5.75 Å². The van der Waals surface area contributed by atoms with E-state index in [9.17, 15) is 23.5 Å². The summed E-state index contributed by atoms with van der Waals surface area (Å²) in [6.07, 6.45) is 0.0286. The number of fused-ring (bicyclic) bond motifs is 1. The van der Waals surface area contributed by atoms with E-state index in [4.69, 9.17) is 0 Å². The minimum absolute atomic E-state index is 0.0107. The van der Waals surface area contributed by atoms with Gasteiger partial charge in [-0.1, -0.05) is 12.1 Å². The van der Waals surface area contributed by atoms with Crippen LogP contribution < -0.4 is 10.2 Å². The molecule has 4 rings (SSSR count). The Balaban J connectivity index is 1.69. The molecule has 1 unspecified atom stereocenters. The molecule has 12 heteroatoms. The first kappa shape index (κ1) is 32.1. The number of rotatable bonds is 10. The van der Waals surface area contributed by atoms with Crippen molar-refractivity contribution in [3.8, 4) is 5.75 Å². The summed E-state index contributed by atoms with van der Waals surface area (Å²) >= 11 is 0. The lowest BCUT2D eigenvalue weighted by Crippen LogP contribution is -2.30. The summed E-state index contributed by atoms with van der Waals surface area (Å²) in [7, 11) is 5.11. The number of carbonyl (C=O) groups excluding carboxylic acids is 2. The molecule has 232 valence electrons. The topological polar surface area (TPSA) is 108 Å². The molecule has 44 heavy (non-hydrogen) atoms. The van der Waals surface area contributed by atoms with E-state index in [2.05, 4.69) is 20.0 Å². The second-order valence-electron chi connectivity index (χ2n) is 10.5. The predicted octanol–water partition coefficient (Wildman–Crippen LogP) is 6.01. The Kier molecular flexibility index (Phi) is 9.31. The molecule has 1 amide bonds. The fraction of sp³-hybridized carbons (Fsp3) is 0.312. The van der Waals surface area contributed by atoms with E-state index >= 15 is 4.39 Å². The molecule has 0 saturated carbocycles. The number of carbonyl (C=O) groups is 2. The van der Waals surface area contributed by atoms with Crippen molar-refractivity contribution in [2.45, 2.75) is 39.2 Å². The first-order valence-corrected chi connectivity index (χ1v) is 13.9. The van der Waals surface area contributed by atoms with Gasteiger partial charge in [-0.2, -0.15) is 8.78 Å². The number of aromatic nitrogens is 2. The van der Waals surface area contributed by atoms with Crippen LogP contribution in [0.1, 0.15) is 42.4 Å². The van der Waals surface area contributed by atoms with Crippen molar-refractivity contribution < 1.29 is 32.6 Å². The minimum Gasteiger partial charge on any atom is -0.508 e. The molecule has 0 aliphatic rings. The van der Waals surface area contributed by atoms with E-state index in [-0.39, 0.29) is 30.2 Å². The smallest absolute Gasteiger partial charge is 0.382 e. The molecule has 1 atom stereocenters. The summed E-state index contributed by atoms with van der Waals surface area (Å²) in [5, 5.41) is 14.0. The van der Waals surface area contributed by atoms with Gasteiger partial charge in [0.1, 0.15) is 23.2 Å². The zero-order valence-corrected chi connectivity index (χ0v) is 25.3. The van der Waals surface area contributed by atoms with Crippen LogP contribution in [0.15, 0.2) is 54.6 Å². The molecule has 0 fully saturated rings. The average molecular weight is 610 g/mol. The van der Waals surface area contributed by atoms with Crippen LogP contribution >= 0.6 is 0 Å². The third kappa shape index (κ3) is 6.53. The number of esters is 1.